The highest BCUT2D eigenvalue weighted by molar-refractivity contribution is 7.89. The molecule has 1 aliphatic heterocycles. The van der Waals surface area contributed by atoms with Gasteiger partial charge in [-0.2, -0.15) is 14.1 Å². The second-order valence-electron chi connectivity index (χ2n) is 10.1. The molecule has 1 fully saturated rings. The molecule has 0 saturated carbocycles. The lowest BCUT2D eigenvalue weighted by Crippen LogP contribution is -2.27. The van der Waals surface area contributed by atoms with Crippen LogP contribution in [0.2, 0.25) is 0 Å². The van der Waals surface area contributed by atoms with Crippen molar-refractivity contribution in [3.8, 4) is 5.13 Å². The molecule has 0 unspecified atom stereocenters. The van der Waals surface area contributed by atoms with Crippen LogP contribution in [-0.4, -0.2) is 46.5 Å². The molecular formula is C26H29N5O3S2. The number of aromatic nitrogens is 3. The minimum atomic E-state index is -3.52. The number of anilines is 1. The molecule has 188 valence electrons. The molecule has 1 saturated heterocycles. The molecule has 2 aromatic heterocycles. The molecule has 0 atom stereocenters. The van der Waals surface area contributed by atoms with E-state index in [4.69, 9.17) is 4.98 Å². The maximum Gasteiger partial charge on any atom is 0.256 e. The average Bonchev–Trinajstić information content (AvgIpc) is 3.58. The first-order chi connectivity index (χ1) is 17.0. The molecule has 1 amide bonds. The Labute approximate surface area is 215 Å². The molecule has 0 aliphatic carbocycles. The van der Waals surface area contributed by atoms with E-state index in [1.807, 2.05) is 13.0 Å². The zero-order chi connectivity index (χ0) is 25.7. The third-order valence-electron chi connectivity index (χ3n) is 6.32. The van der Waals surface area contributed by atoms with Crippen LogP contribution in [0, 0.1) is 6.92 Å². The van der Waals surface area contributed by atoms with E-state index >= 15 is 0 Å². The van der Waals surface area contributed by atoms with Crippen LogP contribution >= 0.6 is 11.3 Å². The summed E-state index contributed by atoms with van der Waals surface area (Å²) in [5.74, 6) is 0.152. The first kappa shape index (κ1) is 24.6. The summed E-state index contributed by atoms with van der Waals surface area (Å²) in [6, 6.07) is 14.1. The molecule has 3 heterocycles. The second-order valence-corrected chi connectivity index (χ2v) is 13.0. The Balaban J connectivity index is 1.39. The van der Waals surface area contributed by atoms with Crippen molar-refractivity contribution in [2.24, 2.45) is 0 Å². The fraction of sp³-hybridized carbons (Fsp3) is 0.346. The molecule has 0 bridgehead atoms. The minimum Gasteiger partial charge on any atom is -0.306 e. The fourth-order valence-electron chi connectivity index (χ4n) is 4.25. The van der Waals surface area contributed by atoms with Crippen molar-refractivity contribution >= 4 is 43.3 Å². The van der Waals surface area contributed by atoms with Crippen molar-refractivity contribution in [1.82, 2.24) is 19.1 Å². The standard InChI is InChI=1S/C26H29N5O3S2/c1-17-15-23(31(29-17)25-27-21-12-9-19(26(2,3)4)16-22(21)35-25)28-24(32)18-7-10-20(11-8-18)36(33,34)30-13-5-6-14-30/h7-12,15-16H,5-6,13-14H2,1-4H3,(H,28,32). The predicted octanol–water partition coefficient (Wildman–Crippen LogP) is 5.12. The van der Waals surface area contributed by atoms with Crippen LogP contribution in [0.3, 0.4) is 0 Å². The highest BCUT2D eigenvalue weighted by Crippen LogP contribution is 2.32. The lowest BCUT2D eigenvalue weighted by Gasteiger charge is -2.18. The zero-order valence-electron chi connectivity index (χ0n) is 20.8. The van der Waals surface area contributed by atoms with E-state index in [1.54, 1.807) is 10.7 Å². The van der Waals surface area contributed by atoms with Gasteiger partial charge in [0.2, 0.25) is 15.2 Å². The summed E-state index contributed by atoms with van der Waals surface area (Å²) in [6.45, 7) is 9.46. The minimum absolute atomic E-state index is 0.0309. The van der Waals surface area contributed by atoms with Gasteiger partial charge in [-0.15, -0.1) is 0 Å². The number of hydrogen-bond acceptors (Lipinski definition) is 6. The monoisotopic (exact) mass is 523 g/mol. The van der Waals surface area contributed by atoms with Gasteiger partial charge in [0, 0.05) is 24.7 Å². The lowest BCUT2D eigenvalue weighted by molar-refractivity contribution is 0.102. The van der Waals surface area contributed by atoms with Gasteiger partial charge in [0.25, 0.3) is 5.91 Å². The van der Waals surface area contributed by atoms with Gasteiger partial charge in [-0.3, -0.25) is 4.79 Å². The Bertz CT molecular complexity index is 1540. The van der Waals surface area contributed by atoms with Crippen molar-refractivity contribution in [3.05, 3.63) is 65.4 Å². The Kier molecular flexibility index (Phi) is 6.22. The largest absolute Gasteiger partial charge is 0.306 e. The number of rotatable bonds is 5. The number of nitrogens with zero attached hydrogens (tertiary/aromatic N) is 4. The van der Waals surface area contributed by atoms with Gasteiger partial charge in [-0.05, 0) is 67.1 Å². The van der Waals surface area contributed by atoms with E-state index in [1.165, 1.54) is 45.5 Å². The first-order valence-electron chi connectivity index (χ1n) is 11.9. The third-order valence-corrected chi connectivity index (χ3v) is 9.22. The number of carbonyl (C=O) groups is 1. The van der Waals surface area contributed by atoms with Crippen LogP contribution in [0.1, 0.15) is 55.2 Å². The molecule has 2 aromatic carbocycles. The highest BCUT2D eigenvalue weighted by Gasteiger charge is 2.27. The molecule has 10 heteroatoms. The molecule has 36 heavy (non-hydrogen) atoms. The smallest absolute Gasteiger partial charge is 0.256 e. The van der Waals surface area contributed by atoms with Crippen molar-refractivity contribution in [1.29, 1.82) is 0 Å². The molecule has 1 aliphatic rings. The number of thiazole rings is 1. The summed E-state index contributed by atoms with van der Waals surface area (Å²) < 4.78 is 29.7. The maximum absolute atomic E-state index is 13.0. The summed E-state index contributed by atoms with van der Waals surface area (Å²) in [5, 5.41) is 8.12. The number of fused-ring (bicyclic) bond motifs is 1. The van der Waals surface area contributed by atoms with Crippen LogP contribution in [0.15, 0.2) is 53.4 Å². The number of benzene rings is 2. The van der Waals surface area contributed by atoms with Crippen LogP contribution in [0.25, 0.3) is 15.3 Å². The number of hydrogen-bond donors (Lipinski definition) is 1. The van der Waals surface area contributed by atoms with Crippen molar-refractivity contribution in [2.45, 2.75) is 50.8 Å². The maximum atomic E-state index is 13.0. The number of aryl methyl sites for hydroxylation is 1. The van der Waals surface area contributed by atoms with Crippen molar-refractivity contribution in [2.75, 3.05) is 18.4 Å². The van der Waals surface area contributed by atoms with Gasteiger partial charge in [0.15, 0.2) is 0 Å². The molecule has 0 spiro atoms. The SMILES string of the molecule is Cc1cc(NC(=O)c2ccc(S(=O)(=O)N3CCCC3)cc2)n(-c2nc3ccc(C(C)(C)C)cc3s2)n1. The molecule has 8 nitrogen and oxygen atoms in total. The van der Waals surface area contributed by atoms with Gasteiger partial charge >= 0.3 is 0 Å². The summed E-state index contributed by atoms with van der Waals surface area (Å²) in [7, 11) is -3.52. The average molecular weight is 524 g/mol. The van der Waals surface area contributed by atoms with Gasteiger partial charge in [-0.1, -0.05) is 38.2 Å². The second kappa shape index (κ2) is 9.10. The quantitative estimate of drug-likeness (QED) is 0.391. The van der Waals surface area contributed by atoms with Gasteiger partial charge in [-0.25, -0.2) is 13.4 Å². The van der Waals surface area contributed by atoms with Crippen molar-refractivity contribution < 1.29 is 13.2 Å². The van der Waals surface area contributed by atoms with Gasteiger partial charge < -0.3 is 5.32 Å². The van der Waals surface area contributed by atoms with E-state index < -0.39 is 10.0 Å². The van der Waals surface area contributed by atoms with Crippen molar-refractivity contribution in [3.63, 3.8) is 0 Å². The fourth-order valence-corrected chi connectivity index (χ4v) is 6.74. The Morgan fingerprint density at radius 1 is 1.03 bits per heavy atom. The molecule has 4 aromatic rings. The van der Waals surface area contributed by atoms with E-state index in [-0.39, 0.29) is 16.2 Å². The third kappa shape index (κ3) is 4.68. The zero-order valence-corrected chi connectivity index (χ0v) is 22.4. The normalized spacial score (nSPS) is 15.0. The summed E-state index contributed by atoms with van der Waals surface area (Å²) in [5.41, 5.74) is 3.24. The highest BCUT2D eigenvalue weighted by atomic mass is 32.2. The Morgan fingerprint density at radius 3 is 2.39 bits per heavy atom. The number of amides is 1. The number of sulfonamides is 1. The van der Waals surface area contributed by atoms with Crippen LogP contribution in [-0.2, 0) is 15.4 Å². The molecule has 5 rings (SSSR count). The summed E-state index contributed by atoms with van der Waals surface area (Å²) in [4.78, 5) is 18.0. The Morgan fingerprint density at radius 2 is 1.72 bits per heavy atom. The van der Waals surface area contributed by atoms with E-state index in [0.717, 1.165) is 28.8 Å². The van der Waals surface area contributed by atoms with Gasteiger partial charge in [0.05, 0.1) is 20.8 Å². The molecule has 0 radical (unpaired) electrons. The van der Waals surface area contributed by atoms with E-state index in [0.29, 0.717) is 29.6 Å². The summed E-state index contributed by atoms with van der Waals surface area (Å²) >= 11 is 1.51. The van der Waals surface area contributed by atoms with Crippen LogP contribution < -0.4 is 5.32 Å². The van der Waals surface area contributed by atoms with E-state index in [2.05, 4.69) is 43.3 Å². The number of carbonyl (C=O) groups excluding carboxylic acids is 1. The van der Waals surface area contributed by atoms with Crippen LogP contribution in [0.4, 0.5) is 5.82 Å². The molecule has 1 N–H and O–H groups in total. The van der Waals surface area contributed by atoms with Gasteiger partial charge in [0.1, 0.15) is 5.82 Å². The van der Waals surface area contributed by atoms with E-state index in [9.17, 15) is 13.2 Å². The number of nitrogens with one attached hydrogen (secondary N) is 1. The topological polar surface area (TPSA) is 97.2 Å². The first-order valence-corrected chi connectivity index (χ1v) is 14.2. The Hall–Kier alpha value is -3.08. The predicted molar refractivity (Wildman–Crippen MR) is 143 cm³/mol. The molecular weight excluding hydrogens is 494 g/mol. The van der Waals surface area contributed by atoms with Crippen LogP contribution in [0.5, 0.6) is 0 Å². The lowest BCUT2D eigenvalue weighted by atomic mass is 9.87. The summed E-state index contributed by atoms with van der Waals surface area (Å²) in [6.07, 6.45) is 1.75.